The van der Waals surface area contributed by atoms with Crippen LogP contribution in [0.15, 0.2) is 47.6 Å². The highest BCUT2D eigenvalue weighted by molar-refractivity contribution is 7.90. The maximum absolute atomic E-state index is 13.1. The number of carboxylic acid groups (broad SMARTS) is 1. The van der Waals surface area contributed by atoms with Gasteiger partial charge in [-0.3, -0.25) is 9.78 Å². The van der Waals surface area contributed by atoms with E-state index in [1.54, 1.807) is 18.3 Å². The molecule has 0 amide bonds. The summed E-state index contributed by atoms with van der Waals surface area (Å²) in [5.74, 6) is 0. The van der Waals surface area contributed by atoms with Gasteiger partial charge in [0.1, 0.15) is 4.90 Å². The maximum atomic E-state index is 13.1. The second kappa shape index (κ2) is 9.01. The van der Waals surface area contributed by atoms with Crippen LogP contribution in [0.3, 0.4) is 0 Å². The Labute approximate surface area is 169 Å². The molecule has 1 fully saturated rings. The van der Waals surface area contributed by atoms with Gasteiger partial charge in [0.15, 0.2) is 0 Å². The number of anilines is 1. The zero-order chi connectivity index (χ0) is 20.9. The number of benzene rings is 1. The van der Waals surface area contributed by atoms with Crippen molar-refractivity contribution in [2.75, 3.05) is 31.1 Å². The van der Waals surface area contributed by atoms with Crippen LogP contribution < -0.4 is 10.2 Å². The van der Waals surface area contributed by atoms with Crippen molar-refractivity contribution in [2.24, 2.45) is 0 Å². The fourth-order valence-corrected chi connectivity index (χ4v) is 4.56. The summed E-state index contributed by atoms with van der Waals surface area (Å²) in [5, 5.41) is 15.5. The lowest BCUT2D eigenvalue weighted by Crippen LogP contribution is -2.43. The number of hydrogen-bond donors (Lipinski definition) is 2. The van der Waals surface area contributed by atoms with E-state index in [1.165, 1.54) is 6.20 Å². The Morgan fingerprint density at radius 3 is 2.59 bits per heavy atom. The lowest BCUT2D eigenvalue weighted by Gasteiger charge is -2.29. The zero-order valence-corrected chi connectivity index (χ0v) is 16.8. The third-order valence-electron chi connectivity index (χ3n) is 4.69. The predicted molar refractivity (Wildman–Crippen MR) is 110 cm³/mol. The quantitative estimate of drug-likeness (QED) is 0.611. The minimum Gasteiger partial charge on any atom is -0.483 e. The van der Waals surface area contributed by atoms with E-state index in [9.17, 15) is 8.42 Å². The predicted octanol–water partition coefficient (Wildman–Crippen LogP) is 1.34. The van der Waals surface area contributed by atoms with Gasteiger partial charge in [-0.25, -0.2) is 0 Å². The molecule has 0 saturated carbocycles. The number of piperazine rings is 1. The fraction of sp³-hybridized carbons (Fsp3) is 0.316. The molecular weight excluding hydrogens is 394 g/mol. The topological polar surface area (TPSA) is 117 Å². The molecule has 10 heteroatoms. The Balaban J connectivity index is 0.000000755. The molecule has 0 spiro atoms. The summed E-state index contributed by atoms with van der Waals surface area (Å²) < 4.78 is 27.4. The average Bonchev–Trinajstić information content (AvgIpc) is 3.14. The van der Waals surface area contributed by atoms with Crippen LogP contribution in [0.25, 0.3) is 10.9 Å². The summed E-state index contributed by atoms with van der Waals surface area (Å²) in [6.07, 6.45) is 3.58. The van der Waals surface area contributed by atoms with Gasteiger partial charge in [0.05, 0.1) is 11.2 Å². The minimum absolute atomic E-state index is 0.139. The molecule has 9 nitrogen and oxygen atoms in total. The van der Waals surface area contributed by atoms with Crippen molar-refractivity contribution in [1.82, 2.24) is 19.5 Å². The molecule has 0 aliphatic carbocycles. The Morgan fingerprint density at radius 2 is 1.97 bits per heavy atom. The monoisotopic (exact) mass is 417 g/mol. The zero-order valence-electron chi connectivity index (χ0n) is 16.0. The van der Waals surface area contributed by atoms with Crippen molar-refractivity contribution in [3.8, 4) is 0 Å². The molecule has 0 unspecified atom stereocenters. The van der Waals surface area contributed by atoms with Gasteiger partial charge < -0.3 is 15.3 Å². The molecule has 29 heavy (non-hydrogen) atoms. The third-order valence-corrected chi connectivity index (χ3v) is 6.26. The summed E-state index contributed by atoms with van der Waals surface area (Å²) in [5.41, 5.74) is 2.41. The van der Waals surface area contributed by atoms with Gasteiger partial charge in [-0.2, -0.15) is 17.6 Å². The normalized spacial score (nSPS) is 14.3. The molecular formula is C19H23N5O4S. The Morgan fingerprint density at radius 1 is 1.24 bits per heavy atom. The molecule has 3 heterocycles. The second-order valence-electron chi connectivity index (χ2n) is 6.38. The van der Waals surface area contributed by atoms with E-state index in [-0.39, 0.29) is 11.4 Å². The van der Waals surface area contributed by atoms with Crippen molar-refractivity contribution in [1.29, 1.82) is 0 Å². The van der Waals surface area contributed by atoms with E-state index in [4.69, 9.17) is 9.90 Å². The van der Waals surface area contributed by atoms with Gasteiger partial charge in [0, 0.05) is 49.6 Å². The molecule has 2 N–H and O–H groups in total. The van der Waals surface area contributed by atoms with Crippen molar-refractivity contribution in [3.63, 3.8) is 0 Å². The molecule has 1 aromatic carbocycles. The summed E-state index contributed by atoms with van der Waals surface area (Å²) >= 11 is 0. The molecule has 4 rings (SSSR count). The van der Waals surface area contributed by atoms with Crippen LogP contribution in [0.1, 0.15) is 12.6 Å². The first-order chi connectivity index (χ1) is 14.0. The number of nitrogens with one attached hydrogen (secondary N) is 1. The van der Waals surface area contributed by atoms with Crippen LogP contribution in [-0.4, -0.2) is 60.3 Å². The molecule has 0 bridgehead atoms. The average molecular weight is 417 g/mol. The SMILES string of the molecule is CCc1nn(S(=O)(=O)c2cccnc2)c2cc(N3CCNCC3)ccc12.O=CO. The Bertz CT molecular complexity index is 1080. The van der Waals surface area contributed by atoms with Crippen molar-refractivity contribution in [2.45, 2.75) is 18.2 Å². The standard InChI is InChI=1S/C18H21N5O2S.CH2O2/c1-2-17-16-6-5-14(22-10-8-19-9-11-22)12-18(16)23(21-17)26(24,25)15-4-3-7-20-13-15;2-1-3/h3-7,12-13,19H,2,8-11H2,1H3;1H,(H,2,3). The number of nitrogens with zero attached hydrogens (tertiary/aromatic N) is 4. The number of pyridine rings is 1. The number of carbonyl (C=O) groups is 1. The van der Waals surface area contributed by atoms with Crippen LogP contribution in [0, 0.1) is 0 Å². The van der Waals surface area contributed by atoms with Gasteiger partial charge in [0.2, 0.25) is 0 Å². The van der Waals surface area contributed by atoms with Crippen molar-refractivity contribution >= 4 is 33.1 Å². The highest BCUT2D eigenvalue weighted by Crippen LogP contribution is 2.28. The molecule has 2 aromatic heterocycles. The smallest absolute Gasteiger partial charge is 0.290 e. The number of aryl methyl sites for hydroxylation is 1. The number of hydrogen-bond acceptors (Lipinski definition) is 7. The summed E-state index contributed by atoms with van der Waals surface area (Å²) in [7, 11) is -3.79. The first kappa shape index (κ1) is 20.7. The number of fused-ring (bicyclic) bond motifs is 1. The summed E-state index contributed by atoms with van der Waals surface area (Å²) in [6.45, 7) is 5.37. The fourth-order valence-electron chi connectivity index (χ4n) is 3.30. The van der Waals surface area contributed by atoms with E-state index in [2.05, 4.69) is 26.4 Å². The van der Waals surface area contributed by atoms with Crippen LogP contribution in [-0.2, 0) is 21.2 Å². The first-order valence-corrected chi connectivity index (χ1v) is 10.7. The first-order valence-electron chi connectivity index (χ1n) is 9.23. The van der Waals surface area contributed by atoms with Crippen LogP contribution in [0.2, 0.25) is 0 Å². The number of rotatable bonds is 4. The van der Waals surface area contributed by atoms with Gasteiger partial charge in [0.25, 0.3) is 16.5 Å². The minimum atomic E-state index is -3.79. The highest BCUT2D eigenvalue weighted by atomic mass is 32.2. The number of aromatic nitrogens is 3. The summed E-state index contributed by atoms with van der Waals surface area (Å²) in [4.78, 5) is 14.7. The largest absolute Gasteiger partial charge is 0.483 e. The van der Waals surface area contributed by atoms with Gasteiger partial charge in [-0.1, -0.05) is 6.92 Å². The van der Waals surface area contributed by atoms with Crippen molar-refractivity contribution in [3.05, 3.63) is 48.4 Å². The lowest BCUT2D eigenvalue weighted by molar-refractivity contribution is -0.122. The third kappa shape index (κ3) is 4.22. The maximum Gasteiger partial charge on any atom is 0.290 e. The molecule has 1 aliphatic heterocycles. The van der Waals surface area contributed by atoms with E-state index in [0.29, 0.717) is 11.9 Å². The second-order valence-corrected chi connectivity index (χ2v) is 8.15. The van der Waals surface area contributed by atoms with E-state index in [0.717, 1.165) is 47.0 Å². The van der Waals surface area contributed by atoms with Gasteiger partial charge in [-0.15, -0.1) is 0 Å². The molecule has 0 radical (unpaired) electrons. The van der Waals surface area contributed by atoms with Crippen LogP contribution in [0.4, 0.5) is 5.69 Å². The Hall–Kier alpha value is -2.98. The molecule has 154 valence electrons. The van der Waals surface area contributed by atoms with E-state index < -0.39 is 10.0 Å². The summed E-state index contributed by atoms with van der Waals surface area (Å²) in [6, 6.07) is 9.12. The van der Waals surface area contributed by atoms with Crippen LogP contribution in [0.5, 0.6) is 0 Å². The van der Waals surface area contributed by atoms with Crippen molar-refractivity contribution < 1.29 is 18.3 Å². The Kier molecular flexibility index (Phi) is 6.45. The van der Waals surface area contributed by atoms with E-state index >= 15 is 0 Å². The molecule has 1 saturated heterocycles. The lowest BCUT2D eigenvalue weighted by atomic mass is 10.1. The van der Waals surface area contributed by atoms with Gasteiger partial charge >= 0.3 is 0 Å². The highest BCUT2D eigenvalue weighted by Gasteiger charge is 2.23. The molecule has 1 aliphatic rings. The van der Waals surface area contributed by atoms with E-state index in [1.807, 2.05) is 19.1 Å². The van der Waals surface area contributed by atoms with Gasteiger partial charge in [-0.05, 0) is 36.8 Å². The molecule has 0 atom stereocenters. The van der Waals surface area contributed by atoms with Crippen LogP contribution >= 0.6 is 0 Å². The molecule has 3 aromatic rings.